The molecule has 0 spiro atoms. The minimum atomic E-state index is -4.85. The fraction of sp³-hybridized carbons (Fsp3) is 0.417. The number of carboxylic acid groups (broad SMARTS) is 1. The summed E-state index contributed by atoms with van der Waals surface area (Å²) in [6.07, 6.45) is -7.26. The Bertz CT molecular complexity index is 1360. The Morgan fingerprint density at radius 1 is 1.21 bits per heavy atom. The molecule has 2 aromatic rings. The zero-order valence-electron chi connectivity index (χ0n) is 21.2. The predicted octanol–water partition coefficient (Wildman–Crippen LogP) is 4.79. The molecule has 214 valence electrons. The average molecular weight is 579 g/mol. The zero-order valence-corrected chi connectivity index (χ0v) is 22.0. The van der Waals surface area contributed by atoms with E-state index in [9.17, 15) is 40.7 Å². The van der Waals surface area contributed by atoms with Gasteiger partial charge in [-0.15, -0.1) is 0 Å². The van der Waals surface area contributed by atoms with Crippen LogP contribution in [0.5, 0.6) is 11.5 Å². The molecule has 0 saturated carbocycles. The molecule has 0 unspecified atom stereocenters. The van der Waals surface area contributed by atoms with Gasteiger partial charge in [0.25, 0.3) is 10.0 Å². The van der Waals surface area contributed by atoms with E-state index in [4.69, 9.17) is 9.47 Å². The normalized spacial score (nSPS) is 16.5. The highest BCUT2D eigenvalue weighted by molar-refractivity contribution is 7.92. The van der Waals surface area contributed by atoms with Crippen molar-refractivity contribution in [2.45, 2.75) is 50.0 Å². The zero-order chi connectivity index (χ0) is 29.3. The van der Waals surface area contributed by atoms with Gasteiger partial charge in [-0.25, -0.2) is 17.6 Å². The van der Waals surface area contributed by atoms with Crippen molar-refractivity contribution in [2.75, 3.05) is 23.3 Å². The lowest BCUT2D eigenvalue weighted by Gasteiger charge is -2.36. The van der Waals surface area contributed by atoms with Crippen molar-refractivity contribution in [1.82, 2.24) is 0 Å². The number of nitrogens with one attached hydrogen (secondary N) is 1. The predicted molar refractivity (Wildman–Crippen MR) is 130 cm³/mol. The lowest BCUT2D eigenvalue weighted by Crippen LogP contribution is -2.45. The number of carbonyl (C=O) groups is 2. The van der Waals surface area contributed by atoms with Gasteiger partial charge in [-0.3, -0.25) is 14.4 Å². The van der Waals surface area contributed by atoms with Crippen LogP contribution in [0.4, 0.5) is 33.7 Å². The summed E-state index contributed by atoms with van der Waals surface area (Å²) < 4.78 is 96.6. The number of rotatable bonds is 8. The number of carbonyl (C=O) groups excluding carboxylic acids is 1. The fourth-order valence-corrected chi connectivity index (χ4v) is 5.11. The molecule has 0 bridgehead atoms. The van der Waals surface area contributed by atoms with Crippen LogP contribution in [-0.4, -0.2) is 57.1 Å². The van der Waals surface area contributed by atoms with E-state index in [2.05, 4.69) is 10.1 Å². The molecule has 1 aliphatic rings. The molecule has 10 nitrogen and oxygen atoms in total. The number of fused-ring (bicyclic) bond motifs is 1. The summed E-state index contributed by atoms with van der Waals surface area (Å²) in [5.74, 6) is -3.16. The third kappa shape index (κ3) is 6.46. The first-order valence-electron chi connectivity index (χ1n) is 11.4. The molecule has 0 radical (unpaired) electrons. The van der Waals surface area contributed by atoms with E-state index in [1.165, 1.54) is 19.1 Å². The molecule has 1 heterocycles. The van der Waals surface area contributed by atoms with Crippen LogP contribution in [0.1, 0.15) is 27.2 Å². The van der Waals surface area contributed by atoms with E-state index in [0.717, 1.165) is 35.7 Å². The van der Waals surface area contributed by atoms with Crippen molar-refractivity contribution in [1.29, 1.82) is 0 Å². The maximum Gasteiger partial charge on any atom is 0.427 e. The molecule has 39 heavy (non-hydrogen) atoms. The Kier molecular flexibility index (Phi) is 8.24. The molecule has 0 saturated heterocycles. The quantitative estimate of drug-likeness (QED) is 0.428. The third-order valence-electron chi connectivity index (χ3n) is 5.92. The van der Waals surface area contributed by atoms with E-state index in [1.807, 2.05) is 0 Å². The van der Waals surface area contributed by atoms with Gasteiger partial charge in [0, 0.05) is 11.8 Å². The monoisotopic (exact) mass is 578 g/mol. The summed E-state index contributed by atoms with van der Waals surface area (Å²) in [4.78, 5) is 23.2. The van der Waals surface area contributed by atoms with Crippen LogP contribution in [0.2, 0.25) is 0 Å². The standard InChI is InChI=1S/C24H26F4N2O8S/c1-13(21(31)32)9-15-12-30(39(34,35)16-6-7-17(25)20(11-16)36-4)18-10-14(5-8-19(18)37-15)29-22(33)38-23(2,3)24(26,27)28/h5-8,10-11,13,15H,9,12H2,1-4H3,(H,29,33)(H,31,32)/t13-,15+/m1/s1. The van der Waals surface area contributed by atoms with Gasteiger partial charge in [0.15, 0.2) is 11.6 Å². The van der Waals surface area contributed by atoms with Crippen molar-refractivity contribution >= 4 is 33.5 Å². The summed E-state index contributed by atoms with van der Waals surface area (Å²) in [5.41, 5.74) is -3.03. The molecular formula is C24H26F4N2O8S. The van der Waals surface area contributed by atoms with Gasteiger partial charge in [0.05, 0.1) is 30.2 Å². The summed E-state index contributed by atoms with van der Waals surface area (Å²) >= 11 is 0. The number of alkyl halides is 3. The van der Waals surface area contributed by atoms with E-state index in [-0.39, 0.29) is 40.7 Å². The van der Waals surface area contributed by atoms with Crippen LogP contribution in [0, 0.1) is 11.7 Å². The van der Waals surface area contributed by atoms with E-state index >= 15 is 0 Å². The lowest BCUT2D eigenvalue weighted by atomic mass is 10.0. The highest BCUT2D eigenvalue weighted by atomic mass is 32.2. The molecule has 2 atom stereocenters. The number of ether oxygens (including phenoxy) is 3. The minimum Gasteiger partial charge on any atom is -0.494 e. The number of aliphatic carboxylic acids is 1. The van der Waals surface area contributed by atoms with E-state index < -0.39 is 51.7 Å². The number of nitrogens with zero attached hydrogens (tertiary/aromatic N) is 1. The number of sulfonamides is 1. The number of carboxylic acids is 1. The number of anilines is 2. The van der Waals surface area contributed by atoms with Gasteiger partial charge in [-0.1, -0.05) is 6.92 Å². The highest BCUT2D eigenvalue weighted by Gasteiger charge is 2.51. The van der Waals surface area contributed by atoms with Gasteiger partial charge < -0.3 is 19.3 Å². The van der Waals surface area contributed by atoms with Crippen LogP contribution in [0.25, 0.3) is 0 Å². The molecule has 1 aliphatic heterocycles. The van der Waals surface area contributed by atoms with Crippen LogP contribution in [0.15, 0.2) is 41.3 Å². The summed E-state index contributed by atoms with van der Waals surface area (Å²) in [6, 6.07) is 6.53. The molecule has 1 amide bonds. The maximum atomic E-state index is 14.0. The smallest absolute Gasteiger partial charge is 0.427 e. The van der Waals surface area contributed by atoms with Crippen LogP contribution < -0.4 is 19.1 Å². The van der Waals surface area contributed by atoms with Gasteiger partial charge >= 0.3 is 18.2 Å². The van der Waals surface area contributed by atoms with Crippen molar-refractivity contribution in [3.63, 3.8) is 0 Å². The van der Waals surface area contributed by atoms with E-state index in [1.54, 1.807) is 0 Å². The van der Waals surface area contributed by atoms with Crippen molar-refractivity contribution in [2.24, 2.45) is 5.92 Å². The first-order valence-corrected chi connectivity index (χ1v) is 12.9. The van der Waals surface area contributed by atoms with Gasteiger partial charge in [-0.2, -0.15) is 13.2 Å². The summed E-state index contributed by atoms with van der Waals surface area (Å²) in [5, 5.41) is 11.4. The van der Waals surface area contributed by atoms with Gasteiger partial charge in [-0.05, 0) is 50.6 Å². The van der Waals surface area contributed by atoms with Crippen LogP contribution in [-0.2, 0) is 19.6 Å². The topological polar surface area (TPSA) is 131 Å². The number of benzene rings is 2. The fourth-order valence-electron chi connectivity index (χ4n) is 3.60. The minimum absolute atomic E-state index is 0.00368. The molecule has 0 aliphatic carbocycles. The molecule has 3 rings (SSSR count). The molecular weight excluding hydrogens is 552 g/mol. The van der Waals surface area contributed by atoms with Gasteiger partial charge in [0.1, 0.15) is 11.9 Å². The Labute approximate surface area is 221 Å². The first kappa shape index (κ1) is 29.8. The van der Waals surface area contributed by atoms with Crippen molar-refractivity contribution in [3.8, 4) is 11.5 Å². The average Bonchev–Trinajstić information content (AvgIpc) is 2.82. The molecule has 0 fully saturated rings. The molecule has 15 heteroatoms. The number of hydrogen-bond donors (Lipinski definition) is 2. The van der Waals surface area contributed by atoms with E-state index in [0.29, 0.717) is 13.8 Å². The summed E-state index contributed by atoms with van der Waals surface area (Å²) in [6.45, 7) is 2.39. The SMILES string of the molecule is COc1cc(S(=O)(=O)N2C[C@H](C[C@@H](C)C(=O)O)Oc3ccc(NC(=O)OC(C)(C)C(F)(F)F)cc32)ccc1F. The van der Waals surface area contributed by atoms with Gasteiger partial charge in [0.2, 0.25) is 5.60 Å². The third-order valence-corrected chi connectivity index (χ3v) is 7.69. The maximum absolute atomic E-state index is 14.0. The van der Waals surface area contributed by atoms with Crippen molar-refractivity contribution in [3.05, 3.63) is 42.2 Å². The molecule has 2 N–H and O–H groups in total. The highest BCUT2D eigenvalue weighted by Crippen LogP contribution is 2.41. The molecule has 0 aromatic heterocycles. The number of hydrogen-bond acceptors (Lipinski definition) is 7. The first-order chi connectivity index (χ1) is 18.0. The van der Waals surface area contributed by atoms with Crippen LogP contribution in [0.3, 0.4) is 0 Å². The lowest BCUT2D eigenvalue weighted by molar-refractivity contribution is -0.242. The van der Waals surface area contributed by atoms with Crippen molar-refractivity contribution < 1.29 is 54.9 Å². The Balaban J connectivity index is 2.01. The second-order valence-electron chi connectivity index (χ2n) is 9.25. The summed E-state index contributed by atoms with van der Waals surface area (Å²) in [7, 11) is -3.29. The van der Waals surface area contributed by atoms with Crippen LogP contribution >= 0.6 is 0 Å². The second kappa shape index (κ2) is 10.8. The number of halogens is 4. The Morgan fingerprint density at radius 2 is 1.87 bits per heavy atom. The second-order valence-corrected chi connectivity index (χ2v) is 11.1. The number of methoxy groups -OCH3 is 1. The Hall–Kier alpha value is -3.75. The largest absolute Gasteiger partial charge is 0.494 e. The number of amides is 1. The molecule has 2 aromatic carbocycles. The Morgan fingerprint density at radius 3 is 2.46 bits per heavy atom.